The van der Waals surface area contributed by atoms with E-state index in [1.54, 1.807) is 30.3 Å². The number of carbonyl (C=O) groups excluding carboxylic acids is 4. The van der Waals surface area contributed by atoms with Crippen molar-refractivity contribution in [2.45, 2.75) is 52.2 Å². The Kier molecular flexibility index (Phi) is 6.53. The summed E-state index contributed by atoms with van der Waals surface area (Å²) in [4.78, 5) is 51.2. The number of para-hydroxylation sites is 1. The van der Waals surface area contributed by atoms with E-state index in [0.717, 1.165) is 16.9 Å². The Balaban J connectivity index is 1.67. The molecular weight excluding hydrogens is 396 g/mol. The molecule has 0 spiro atoms. The van der Waals surface area contributed by atoms with Crippen molar-refractivity contribution in [1.82, 2.24) is 4.90 Å². The summed E-state index contributed by atoms with van der Waals surface area (Å²) >= 11 is 0. The predicted octanol–water partition coefficient (Wildman–Crippen LogP) is 3.76. The summed E-state index contributed by atoms with van der Waals surface area (Å²) in [6.45, 7) is 6.99. The molecule has 0 fully saturated rings. The van der Waals surface area contributed by atoms with E-state index in [2.05, 4.69) is 19.2 Å². The molecule has 1 N–H and O–H groups in total. The molecule has 3 atom stereocenters. The number of nitrogens with zero attached hydrogens (tertiary/aromatic N) is 1. The molecule has 0 bridgehead atoms. The number of hydrogen-bond acceptors (Lipinski definition) is 5. The fraction of sp³-hybridized carbons (Fsp3) is 0.333. The largest absolute Gasteiger partial charge is 0.451 e. The molecule has 2 aromatic carbocycles. The molecule has 0 saturated carbocycles. The minimum Gasteiger partial charge on any atom is -0.451 e. The monoisotopic (exact) mass is 422 g/mol. The summed E-state index contributed by atoms with van der Waals surface area (Å²) < 4.78 is 5.28. The lowest BCUT2D eigenvalue weighted by Gasteiger charge is -2.23. The molecule has 0 saturated heterocycles. The van der Waals surface area contributed by atoms with E-state index in [1.807, 2.05) is 18.2 Å². The summed E-state index contributed by atoms with van der Waals surface area (Å²) in [6, 6.07) is 12.7. The zero-order valence-corrected chi connectivity index (χ0v) is 18.0. The van der Waals surface area contributed by atoms with E-state index in [1.165, 1.54) is 13.8 Å². The summed E-state index contributed by atoms with van der Waals surface area (Å²) in [7, 11) is 0. The standard InChI is InChI=1S/C24H26N2O5/c1-5-14(2)17-10-8-9-13-20(17)25-21(27)16(4)31-24(30)15(3)26-22(28)18-11-6-7-12-19(18)23(26)29/h6-16H,5H2,1-4H3,(H,25,27)/t14-,15+,16+/m0/s1. The molecular formula is C24H26N2O5. The molecule has 1 heterocycles. The molecule has 3 rings (SSSR count). The van der Waals surface area contributed by atoms with Crippen LogP contribution in [0.1, 0.15) is 66.3 Å². The summed E-state index contributed by atoms with van der Waals surface area (Å²) in [5.41, 5.74) is 2.16. The van der Waals surface area contributed by atoms with Crippen molar-refractivity contribution in [2.24, 2.45) is 0 Å². The first kappa shape index (κ1) is 22.2. The fourth-order valence-electron chi connectivity index (χ4n) is 3.49. The van der Waals surface area contributed by atoms with Gasteiger partial charge in [-0.15, -0.1) is 0 Å². The molecule has 7 nitrogen and oxygen atoms in total. The second kappa shape index (κ2) is 9.12. The first-order valence-corrected chi connectivity index (χ1v) is 10.3. The van der Waals surface area contributed by atoms with Gasteiger partial charge >= 0.3 is 5.97 Å². The first-order chi connectivity index (χ1) is 14.8. The first-order valence-electron chi connectivity index (χ1n) is 10.3. The van der Waals surface area contributed by atoms with Crippen LogP contribution in [0.3, 0.4) is 0 Å². The van der Waals surface area contributed by atoms with Crippen molar-refractivity contribution in [3.8, 4) is 0 Å². The third kappa shape index (κ3) is 4.35. The Morgan fingerprint density at radius 3 is 2.06 bits per heavy atom. The molecule has 31 heavy (non-hydrogen) atoms. The van der Waals surface area contributed by atoms with Crippen molar-refractivity contribution in [3.05, 3.63) is 65.2 Å². The number of fused-ring (bicyclic) bond motifs is 1. The molecule has 7 heteroatoms. The van der Waals surface area contributed by atoms with E-state index < -0.39 is 35.8 Å². The van der Waals surface area contributed by atoms with E-state index >= 15 is 0 Å². The number of imide groups is 1. The van der Waals surface area contributed by atoms with Gasteiger partial charge in [-0.25, -0.2) is 4.79 Å². The van der Waals surface area contributed by atoms with E-state index in [9.17, 15) is 19.2 Å². The topological polar surface area (TPSA) is 92.8 Å². The maximum absolute atomic E-state index is 12.6. The van der Waals surface area contributed by atoms with Crippen molar-refractivity contribution in [3.63, 3.8) is 0 Å². The van der Waals surface area contributed by atoms with E-state index in [4.69, 9.17) is 4.74 Å². The average molecular weight is 422 g/mol. The number of rotatable bonds is 7. The zero-order chi connectivity index (χ0) is 22.7. The molecule has 2 aromatic rings. The lowest BCUT2D eigenvalue weighted by atomic mass is 9.97. The van der Waals surface area contributed by atoms with Crippen molar-refractivity contribution >= 4 is 29.4 Å². The van der Waals surface area contributed by atoms with Crippen LogP contribution in [0.25, 0.3) is 0 Å². The van der Waals surface area contributed by atoms with E-state index in [0.29, 0.717) is 5.69 Å². The summed E-state index contributed by atoms with van der Waals surface area (Å²) in [6.07, 6.45) is -0.190. The van der Waals surface area contributed by atoms with Gasteiger partial charge in [0.2, 0.25) is 0 Å². The SMILES string of the molecule is CC[C@H](C)c1ccccc1NC(=O)[C@@H](C)OC(=O)[C@@H](C)N1C(=O)c2ccccc2C1=O. The molecule has 0 unspecified atom stereocenters. The summed E-state index contributed by atoms with van der Waals surface area (Å²) in [5.74, 6) is -2.16. The van der Waals surface area contributed by atoms with Gasteiger partial charge in [-0.2, -0.15) is 0 Å². The zero-order valence-electron chi connectivity index (χ0n) is 18.0. The maximum Gasteiger partial charge on any atom is 0.329 e. The Bertz CT molecular complexity index is 997. The highest BCUT2D eigenvalue weighted by Gasteiger charge is 2.41. The van der Waals surface area contributed by atoms with Gasteiger partial charge in [0.1, 0.15) is 6.04 Å². The van der Waals surface area contributed by atoms with Gasteiger partial charge < -0.3 is 10.1 Å². The smallest absolute Gasteiger partial charge is 0.329 e. The van der Waals surface area contributed by atoms with Crippen LogP contribution < -0.4 is 5.32 Å². The van der Waals surface area contributed by atoms with Gasteiger partial charge in [-0.3, -0.25) is 19.3 Å². The van der Waals surface area contributed by atoms with Crippen LogP contribution in [-0.4, -0.2) is 40.7 Å². The second-order valence-corrected chi connectivity index (χ2v) is 7.67. The third-order valence-corrected chi connectivity index (χ3v) is 5.58. The van der Waals surface area contributed by atoms with Crippen molar-refractivity contribution < 1.29 is 23.9 Å². The number of anilines is 1. The quantitative estimate of drug-likeness (QED) is 0.542. The Labute approximate surface area is 181 Å². The Hall–Kier alpha value is -3.48. The minimum absolute atomic E-state index is 0.250. The highest BCUT2D eigenvalue weighted by Crippen LogP contribution is 2.27. The number of benzene rings is 2. The van der Waals surface area contributed by atoms with Gasteiger partial charge in [-0.1, -0.05) is 44.2 Å². The van der Waals surface area contributed by atoms with Gasteiger partial charge in [-0.05, 0) is 49.9 Å². The van der Waals surface area contributed by atoms with Crippen LogP contribution in [0, 0.1) is 0 Å². The number of nitrogens with one attached hydrogen (secondary N) is 1. The normalized spacial score (nSPS) is 15.8. The average Bonchev–Trinajstić information content (AvgIpc) is 3.03. The molecule has 0 radical (unpaired) electrons. The van der Waals surface area contributed by atoms with Gasteiger partial charge in [0.15, 0.2) is 6.10 Å². The van der Waals surface area contributed by atoms with Crippen LogP contribution in [0.5, 0.6) is 0 Å². The number of amides is 3. The van der Waals surface area contributed by atoms with Crippen molar-refractivity contribution in [2.75, 3.05) is 5.32 Å². The third-order valence-electron chi connectivity index (χ3n) is 5.58. The van der Waals surface area contributed by atoms with Crippen LogP contribution in [0.2, 0.25) is 0 Å². The molecule has 3 amide bonds. The highest BCUT2D eigenvalue weighted by atomic mass is 16.5. The van der Waals surface area contributed by atoms with Crippen LogP contribution in [0.4, 0.5) is 5.69 Å². The van der Waals surface area contributed by atoms with Crippen molar-refractivity contribution in [1.29, 1.82) is 0 Å². The second-order valence-electron chi connectivity index (χ2n) is 7.67. The minimum atomic E-state index is -1.16. The fourth-order valence-corrected chi connectivity index (χ4v) is 3.49. The van der Waals surface area contributed by atoms with E-state index in [-0.39, 0.29) is 17.0 Å². The maximum atomic E-state index is 12.6. The Morgan fingerprint density at radius 2 is 1.48 bits per heavy atom. The van der Waals surface area contributed by atoms with Crippen LogP contribution in [-0.2, 0) is 14.3 Å². The number of ether oxygens (including phenoxy) is 1. The molecule has 1 aliphatic rings. The molecule has 0 aromatic heterocycles. The lowest BCUT2D eigenvalue weighted by Crippen LogP contribution is -2.45. The number of carbonyl (C=O) groups is 4. The summed E-state index contributed by atoms with van der Waals surface area (Å²) in [5, 5.41) is 2.81. The molecule has 0 aliphatic carbocycles. The van der Waals surface area contributed by atoms with Gasteiger partial charge in [0.05, 0.1) is 11.1 Å². The van der Waals surface area contributed by atoms with Crippen LogP contribution >= 0.6 is 0 Å². The molecule has 1 aliphatic heterocycles. The number of hydrogen-bond donors (Lipinski definition) is 1. The van der Waals surface area contributed by atoms with Gasteiger partial charge in [0.25, 0.3) is 17.7 Å². The Morgan fingerprint density at radius 1 is 0.935 bits per heavy atom. The lowest BCUT2D eigenvalue weighted by molar-refractivity contribution is -0.156. The predicted molar refractivity (Wildman–Crippen MR) is 116 cm³/mol. The van der Waals surface area contributed by atoms with Gasteiger partial charge in [0, 0.05) is 5.69 Å². The highest BCUT2D eigenvalue weighted by molar-refractivity contribution is 6.22. The molecule has 162 valence electrons. The van der Waals surface area contributed by atoms with Crippen LogP contribution in [0.15, 0.2) is 48.5 Å². The number of esters is 1.